The van der Waals surface area contributed by atoms with Crippen LogP contribution in [0, 0.1) is 5.92 Å². The summed E-state index contributed by atoms with van der Waals surface area (Å²) in [6, 6.07) is 10.6. The second-order valence-electron chi connectivity index (χ2n) is 4.63. The third-order valence-electron chi connectivity index (χ3n) is 3.42. The number of rotatable bonds is 5. The first-order valence-electron chi connectivity index (χ1n) is 6.06. The normalized spacial score (nSPS) is 26.3. The maximum Gasteiger partial charge on any atom is 0.0574 e. The fraction of sp³-hybridized carbons (Fsp3) is 0.571. The molecule has 1 N–H and O–H groups in total. The molecular formula is C14H20O. The Morgan fingerprint density at radius 1 is 1.33 bits per heavy atom. The van der Waals surface area contributed by atoms with E-state index in [-0.39, 0.29) is 6.10 Å². The van der Waals surface area contributed by atoms with Crippen LogP contribution >= 0.6 is 0 Å². The smallest absolute Gasteiger partial charge is 0.0574 e. The van der Waals surface area contributed by atoms with Crippen LogP contribution in [0.4, 0.5) is 0 Å². The zero-order chi connectivity index (χ0) is 10.7. The summed E-state index contributed by atoms with van der Waals surface area (Å²) in [5.41, 5.74) is 1.40. The number of aliphatic hydroxyl groups is 1. The molecule has 0 unspecified atom stereocenters. The number of hydrogen-bond acceptors (Lipinski definition) is 1. The lowest BCUT2D eigenvalue weighted by molar-refractivity contribution is 0.136. The highest BCUT2D eigenvalue weighted by molar-refractivity contribution is 5.26. The first-order chi connectivity index (χ1) is 7.33. The van der Waals surface area contributed by atoms with Crippen LogP contribution in [0.5, 0.6) is 0 Å². The van der Waals surface area contributed by atoms with Gasteiger partial charge in [-0.25, -0.2) is 0 Å². The first-order valence-corrected chi connectivity index (χ1v) is 6.06. The molecule has 0 radical (unpaired) electrons. The minimum atomic E-state index is -0.0739. The lowest BCUT2D eigenvalue weighted by Gasteiger charge is -2.09. The molecule has 0 heterocycles. The molecule has 0 amide bonds. The predicted octanol–water partition coefficient (Wildman–Crippen LogP) is 3.34. The summed E-state index contributed by atoms with van der Waals surface area (Å²) in [5.74, 6) is 1.15. The van der Waals surface area contributed by atoms with E-state index in [0.29, 0.717) is 11.8 Å². The Morgan fingerprint density at radius 3 is 2.73 bits per heavy atom. The minimum absolute atomic E-state index is 0.0739. The van der Waals surface area contributed by atoms with Gasteiger partial charge in [0.1, 0.15) is 0 Å². The van der Waals surface area contributed by atoms with Gasteiger partial charge in [0.15, 0.2) is 0 Å². The summed E-state index contributed by atoms with van der Waals surface area (Å²) >= 11 is 0. The zero-order valence-corrected chi connectivity index (χ0v) is 9.39. The minimum Gasteiger partial charge on any atom is -0.393 e. The van der Waals surface area contributed by atoms with Crippen LogP contribution in [0.15, 0.2) is 30.3 Å². The molecule has 1 aliphatic rings. The van der Waals surface area contributed by atoms with Gasteiger partial charge >= 0.3 is 0 Å². The van der Waals surface area contributed by atoms with Crippen molar-refractivity contribution in [2.24, 2.45) is 5.92 Å². The van der Waals surface area contributed by atoms with Gasteiger partial charge in [0, 0.05) is 0 Å². The Kier molecular flexibility index (Phi) is 3.42. The van der Waals surface area contributed by atoms with E-state index in [4.69, 9.17) is 0 Å². The van der Waals surface area contributed by atoms with Crippen molar-refractivity contribution in [2.45, 2.75) is 44.6 Å². The lowest BCUT2D eigenvalue weighted by atomic mass is 10.0. The second-order valence-corrected chi connectivity index (χ2v) is 4.63. The Bertz CT molecular complexity index is 293. The van der Waals surface area contributed by atoms with Crippen molar-refractivity contribution in [3.8, 4) is 0 Å². The SMILES string of the molecule is CCCC[C@H](O)[C@@H]1C[C@H]1c1ccccc1. The van der Waals surface area contributed by atoms with Gasteiger partial charge in [0.05, 0.1) is 6.10 Å². The van der Waals surface area contributed by atoms with Crippen LogP contribution in [-0.2, 0) is 0 Å². The zero-order valence-electron chi connectivity index (χ0n) is 9.39. The molecule has 1 aliphatic carbocycles. The standard InChI is InChI=1S/C14H20O/c1-2-3-9-14(15)13-10-12(13)11-7-5-4-6-8-11/h4-8,12-15H,2-3,9-10H2,1H3/t12-,13+,14-/m0/s1. The number of aliphatic hydroxyl groups excluding tert-OH is 1. The maximum atomic E-state index is 9.95. The molecule has 0 spiro atoms. The van der Waals surface area contributed by atoms with Crippen molar-refractivity contribution in [1.29, 1.82) is 0 Å². The average Bonchev–Trinajstić information content (AvgIpc) is 3.07. The summed E-state index contributed by atoms with van der Waals surface area (Å²) in [4.78, 5) is 0. The summed E-state index contributed by atoms with van der Waals surface area (Å²) in [6.45, 7) is 2.17. The Hall–Kier alpha value is -0.820. The third kappa shape index (κ3) is 2.60. The number of hydrogen-bond donors (Lipinski definition) is 1. The molecule has 0 aliphatic heterocycles. The van der Waals surface area contributed by atoms with E-state index in [1.807, 2.05) is 6.07 Å². The topological polar surface area (TPSA) is 20.2 Å². The molecule has 15 heavy (non-hydrogen) atoms. The third-order valence-corrected chi connectivity index (χ3v) is 3.42. The van der Waals surface area contributed by atoms with Crippen molar-refractivity contribution in [3.05, 3.63) is 35.9 Å². The van der Waals surface area contributed by atoms with Crippen molar-refractivity contribution >= 4 is 0 Å². The summed E-state index contributed by atoms with van der Waals surface area (Å²) in [7, 11) is 0. The largest absolute Gasteiger partial charge is 0.393 e. The summed E-state index contributed by atoms with van der Waals surface area (Å²) in [6.07, 6.45) is 4.41. The van der Waals surface area contributed by atoms with Gasteiger partial charge in [-0.2, -0.15) is 0 Å². The van der Waals surface area contributed by atoms with Crippen molar-refractivity contribution in [3.63, 3.8) is 0 Å². The highest BCUT2D eigenvalue weighted by Crippen LogP contribution is 2.50. The van der Waals surface area contributed by atoms with Crippen molar-refractivity contribution in [1.82, 2.24) is 0 Å². The molecule has 1 fully saturated rings. The maximum absolute atomic E-state index is 9.95. The molecule has 1 saturated carbocycles. The molecule has 0 bridgehead atoms. The van der Waals surface area contributed by atoms with E-state index in [1.54, 1.807) is 0 Å². The molecule has 0 aromatic heterocycles. The Labute approximate surface area is 92.1 Å². The molecule has 3 atom stereocenters. The van der Waals surface area contributed by atoms with Gasteiger partial charge in [-0.3, -0.25) is 0 Å². The van der Waals surface area contributed by atoms with Gasteiger partial charge in [-0.15, -0.1) is 0 Å². The van der Waals surface area contributed by atoms with Crippen molar-refractivity contribution < 1.29 is 5.11 Å². The molecule has 82 valence electrons. The van der Waals surface area contributed by atoms with E-state index in [0.717, 1.165) is 12.8 Å². The first kappa shape index (κ1) is 10.7. The van der Waals surface area contributed by atoms with E-state index in [2.05, 4.69) is 31.2 Å². The number of unbranched alkanes of at least 4 members (excludes halogenated alkanes) is 1. The van der Waals surface area contributed by atoms with E-state index >= 15 is 0 Å². The lowest BCUT2D eigenvalue weighted by Crippen LogP contribution is -2.09. The molecular weight excluding hydrogens is 184 g/mol. The summed E-state index contributed by atoms with van der Waals surface area (Å²) < 4.78 is 0. The van der Waals surface area contributed by atoms with Crippen LogP contribution in [0.25, 0.3) is 0 Å². The summed E-state index contributed by atoms with van der Waals surface area (Å²) in [5, 5.41) is 9.95. The van der Waals surface area contributed by atoms with Gasteiger partial charge in [-0.05, 0) is 30.2 Å². The Morgan fingerprint density at radius 2 is 2.07 bits per heavy atom. The second kappa shape index (κ2) is 4.80. The van der Waals surface area contributed by atoms with Crippen molar-refractivity contribution in [2.75, 3.05) is 0 Å². The van der Waals surface area contributed by atoms with Crippen LogP contribution in [0.2, 0.25) is 0 Å². The monoisotopic (exact) mass is 204 g/mol. The molecule has 1 aromatic rings. The van der Waals surface area contributed by atoms with Crippen LogP contribution in [-0.4, -0.2) is 11.2 Å². The predicted molar refractivity (Wildman–Crippen MR) is 62.8 cm³/mol. The van der Waals surface area contributed by atoms with Gasteiger partial charge < -0.3 is 5.11 Å². The molecule has 1 nitrogen and oxygen atoms in total. The van der Waals surface area contributed by atoms with Gasteiger partial charge in [0.25, 0.3) is 0 Å². The van der Waals surface area contributed by atoms with Gasteiger partial charge in [-0.1, -0.05) is 50.1 Å². The highest BCUT2D eigenvalue weighted by atomic mass is 16.3. The highest BCUT2D eigenvalue weighted by Gasteiger charge is 2.42. The number of benzene rings is 1. The Balaban J connectivity index is 1.85. The average molecular weight is 204 g/mol. The van der Waals surface area contributed by atoms with E-state index < -0.39 is 0 Å². The van der Waals surface area contributed by atoms with Crippen LogP contribution < -0.4 is 0 Å². The van der Waals surface area contributed by atoms with Crippen LogP contribution in [0.3, 0.4) is 0 Å². The quantitative estimate of drug-likeness (QED) is 0.780. The van der Waals surface area contributed by atoms with E-state index in [9.17, 15) is 5.11 Å². The molecule has 1 heteroatoms. The molecule has 0 saturated heterocycles. The molecule has 2 rings (SSSR count). The fourth-order valence-electron chi connectivity index (χ4n) is 2.35. The molecule has 1 aromatic carbocycles. The fourth-order valence-corrected chi connectivity index (χ4v) is 2.35. The van der Waals surface area contributed by atoms with Gasteiger partial charge in [0.2, 0.25) is 0 Å². The van der Waals surface area contributed by atoms with E-state index in [1.165, 1.54) is 18.4 Å². The van der Waals surface area contributed by atoms with Crippen LogP contribution in [0.1, 0.15) is 44.1 Å².